The molecule has 0 aliphatic heterocycles. The van der Waals surface area contributed by atoms with Crippen LogP contribution in [0, 0.1) is 0 Å². The van der Waals surface area contributed by atoms with Crippen LogP contribution >= 0.6 is 11.3 Å². The molecule has 0 atom stereocenters. The molecule has 3 nitrogen and oxygen atoms in total. The molecule has 1 saturated carbocycles. The van der Waals surface area contributed by atoms with E-state index in [4.69, 9.17) is 0 Å². The summed E-state index contributed by atoms with van der Waals surface area (Å²) in [5.74, 6) is 0. The van der Waals surface area contributed by atoms with Gasteiger partial charge in [0.15, 0.2) is 5.13 Å². The Kier molecular flexibility index (Phi) is 3.34. The van der Waals surface area contributed by atoms with Gasteiger partial charge in [-0.15, -0.1) is 11.3 Å². The Morgan fingerprint density at radius 2 is 1.95 bits per heavy atom. The molecule has 1 fully saturated rings. The van der Waals surface area contributed by atoms with E-state index in [1.165, 1.54) is 16.9 Å². The standard InChI is InChI=1S/C15H16N2OS/c18-12-17(14-16-10-11-19-14)15(8-4-5-9-15)13-6-2-1-3-7-13/h1-3,6-7,10-12H,4-5,8-9H2. The Morgan fingerprint density at radius 1 is 1.21 bits per heavy atom. The van der Waals surface area contributed by atoms with Crippen molar-refractivity contribution in [1.82, 2.24) is 4.98 Å². The minimum Gasteiger partial charge on any atom is -0.280 e. The van der Waals surface area contributed by atoms with E-state index in [-0.39, 0.29) is 5.54 Å². The number of nitrogens with zero attached hydrogens (tertiary/aromatic N) is 2. The maximum Gasteiger partial charge on any atom is 0.216 e. The van der Waals surface area contributed by atoms with Crippen LogP contribution in [0.4, 0.5) is 5.13 Å². The van der Waals surface area contributed by atoms with Crippen LogP contribution in [-0.2, 0) is 10.3 Å². The van der Waals surface area contributed by atoms with Gasteiger partial charge in [0, 0.05) is 11.6 Å². The number of carbonyl (C=O) groups excluding carboxylic acids is 1. The van der Waals surface area contributed by atoms with Crippen LogP contribution in [0.2, 0.25) is 0 Å². The normalized spacial score (nSPS) is 17.3. The molecule has 0 radical (unpaired) electrons. The minimum absolute atomic E-state index is 0.207. The van der Waals surface area contributed by atoms with Gasteiger partial charge in [-0.2, -0.15) is 0 Å². The molecule has 1 aromatic carbocycles. The highest BCUT2D eigenvalue weighted by molar-refractivity contribution is 7.13. The number of benzene rings is 1. The molecule has 2 aromatic rings. The zero-order valence-electron chi connectivity index (χ0n) is 10.7. The number of thiazole rings is 1. The molecule has 0 bridgehead atoms. The van der Waals surface area contributed by atoms with E-state index in [1.807, 2.05) is 28.5 Å². The summed E-state index contributed by atoms with van der Waals surface area (Å²) in [7, 11) is 0. The van der Waals surface area contributed by atoms with Crippen molar-refractivity contribution in [3.05, 3.63) is 47.5 Å². The quantitative estimate of drug-likeness (QED) is 0.797. The summed E-state index contributed by atoms with van der Waals surface area (Å²) in [6.45, 7) is 0. The number of carbonyl (C=O) groups is 1. The summed E-state index contributed by atoms with van der Waals surface area (Å²) < 4.78 is 0. The fraction of sp³-hybridized carbons (Fsp3) is 0.333. The van der Waals surface area contributed by atoms with E-state index < -0.39 is 0 Å². The molecule has 1 heterocycles. The van der Waals surface area contributed by atoms with Crippen LogP contribution in [0.15, 0.2) is 41.9 Å². The molecule has 98 valence electrons. The first-order valence-electron chi connectivity index (χ1n) is 6.56. The summed E-state index contributed by atoms with van der Waals surface area (Å²) in [5, 5.41) is 2.71. The molecule has 0 N–H and O–H groups in total. The lowest BCUT2D eigenvalue weighted by Crippen LogP contribution is -2.43. The van der Waals surface area contributed by atoms with Gasteiger partial charge < -0.3 is 0 Å². The van der Waals surface area contributed by atoms with Gasteiger partial charge in [0.05, 0.1) is 5.54 Å². The first kappa shape index (κ1) is 12.4. The van der Waals surface area contributed by atoms with Crippen molar-refractivity contribution in [2.75, 3.05) is 4.90 Å². The van der Waals surface area contributed by atoms with Gasteiger partial charge in [-0.05, 0) is 18.4 Å². The van der Waals surface area contributed by atoms with Crippen molar-refractivity contribution in [3.8, 4) is 0 Å². The number of hydrogen-bond acceptors (Lipinski definition) is 3. The average Bonchev–Trinajstić information content (AvgIpc) is 3.13. The number of aromatic nitrogens is 1. The monoisotopic (exact) mass is 272 g/mol. The molecule has 19 heavy (non-hydrogen) atoms. The van der Waals surface area contributed by atoms with Crippen LogP contribution in [0.1, 0.15) is 31.2 Å². The van der Waals surface area contributed by atoms with Gasteiger partial charge in [-0.25, -0.2) is 4.98 Å². The van der Waals surface area contributed by atoms with Crippen LogP contribution in [0.5, 0.6) is 0 Å². The number of rotatable bonds is 4. The van der Waals surface area contributed by atoms with Gasteiger partial charge >= 0.3 is 0 Å². The van der Waals surface area contributed by atoms with E-state index in [1.54, 1.807) is 6.20 Å². The molecule has 3 rings (SSSR count). The van der Waals surface area contributed by atoms with Crippen molar-refractivity contribution < 1.29 is 4.79 Å². The minimum atomic E-state index is -0.207. The van der Waals surface area contributed by atoms with Crippen molar-refractivity contribution in [3.63, 3.8) is 0 Å². The van der Waals surface area contributed by atoms with Gasteiger partial charge in [-0.3, -0.25) is 9.69 Å². The highest BCUT2D eigenvalue weighted by Gasteiger charge is 2.42. The van der Waals surface area contributed by atoms with E-state index >= 15 is 0 Å². The molecule has 0 unspecified atom stereocenters. The lowest BCUT2D eigenvalue weighted by Gasteiger charge is -2.37. The molecule has 4 heteroatoms. The van der Waals surface area contributed by atoms with E-state index in [0.29, 0.717) is 0 Å². The Labute approximate surface area is 116 Å². The van der Waals surface area contributed by atoms with Crippen LogP contribution < -0.4 is 4.90 Å². The molecule has 1 amide bonds. The van der Waals surface area contributed by atoms with E-state index in [9.17, 15) is 4.79 Å². The fourth-order valence-electron chi connectivity index (χ4n) is 3.04. The third-order valence-electron chi connectivity index (χ3n) is 3.93. The predicted octanol–water partition coefficient (Wildman–Crippen LogP) is 3.58. The van der Waals surface area contributed by atoms with Crippen molar-refractivity contribution in [2.45, 2.75) is 31.2 Å². The molecular weight excluding hydrogens is 256 g/mol. The second-order valence-corrected chi connectivity index (χ2v) is 5.77. The summed E-state index contributed by atoms with van der Waals surface area (Å²) >= 11 is 1.52. The van der Waals surface area contributed by atoms with Crippen LogP contribution in [0.25, 0.3) is 0 Å². The third-order valence-corrected chi connectivity index (χ3v) is 4.70. The first-order valence-corrected chi connectivity index (χ1v) is 7.44. The largest absolute Gasteiger partial charge is 0.280 e. The van der Waals surface area contributed by atoms with E-state index in [0.717, 1.165) is 37.2 Å². The molecule has 0 spiro atoms. The topological polar surface area (TPSA) is 33.2 Å². The maximum atomic E-state index is 11.7. The number of amides is 1. The zero-order valence-corrected chi connectivity index (χ0v) is 11.5. The average molecular weight is 272 g/mol. The van der Waals surface area contributed by atoms with Gasteiger partial charge in [0.25, 0.3) is 0 Å². The van der Waals surface area contributed by atoms with Crippen molar-refractivity contribution in [1.29, 1.82) is 0 Å². The first-order chi connectivity index (χ1) is 9.37. The third kappa shape index (κ3) is 2.06. The second kappa shape index (κ2) is 5.13. The smallest absolute Gasteiger partial charge is 0.216 e. The van der Waals surface area contributed by atoms with Crippen LogP contribution in [0.3, 0.4) is 0 Å². The number of anilines is 1. The van der Waals surface area contributed by atoms with E-state index in [2.05, 4.69) is 17.1 Å². The Bertz CT molecular complexity index is 533. The van der Waals surface area contributed by atoms with Crippen molar-refractivity contribution in [2.24, 2.45) is 0 Å². The molecule has 0 saturated heterocycles. The SMILES string of the molecule is O=CN(c1nccs1)C1(c2ccccc2)CCCC1. The molecule has 1 aliphatic rings. The van der Waals surface area contributed by atoms with Gasteiger partial charge in [0.1, 0.15) is 0 Å². The fourth-order valence-corrected chi connectivity index (χ4v) is 3.74. The lowest BCUT2D eigenvalue weighted by atomic mass is 9.87. The van der Waals surface area contributed by atoms with Crippen LogP contribution in [-0.4, -0.2) is 11.4 Å². The predicted molar refractivity (Wildman–Crippen MR) is 77.2 cm³/mol. The second-order valence-electron chi connectivity index (χ2n) is 4.89. The Balaban J connectivity index is 2.07. The summed E-state index contributed by atoms with van der Waals surface area (Å²) in [6, 6.07) is 10.3. The van der Waals surface area contributed by atoms with Crippen molar-refractivity contribution >= 4 is 22.9 Å². The highest BCUT2D eigenvalue weighted by Crippen LogP contribution is 2.45. The van der Waals surface area contributed by atoms with Gasteiger partial charge in [0.2, 0.25) is 6.41 Å². The molecule has 1 aromatic heterocycles. The lowest BCUT2D eigenvalue weighted by molar-refractivity contribution is -0.108. The van der Waals surface area contributed by atoms with Gasteiger partial charge in [-0.1, -0.05) is 43.2 Å². The summed E-state index contributed by atoms with van der Waals surface area (Å²) in [6.07, 6.45) is 7.03. The highest BCUT2D eigenvalue weighted by atomic mass is 32.1. The Hall–Kier alpha value is -1.68. The molecule has 1 aliphatic carbocycles. The number of hydrogen-bond donors (Lipinski definition) is 0. The summed E-state index contributed by atoms with van der Waals surface area (Å²) in [5.41, 5.74) is 1.01. The molecular formula is C15H16N2OS. The maximum absolute atomic E-state index is 11.7. The Morgan fingerprint density at radius 3 is 2.53 bits per heavy atom. The summed E-state index contributed by atoms with van der Waals surface area (Å²) in [4.78, 5) is 17.8. The zero-order chi connectivity index (χ0) is 13.1.